The molecule has 0 radical (unpaired) electrons. The van der Waals surface area contributed by atoms with E-state index < -0.39 is 10.0 Å². The van der Waals surface area contributed by atoms with Crippen molar-refractivity contribution in [2.45, 2.75) is 18.7 Å². The van der Waals surface area contributed by atoms with Gasteiger partial charge in [-0.25, -0.2) is 8.42 Å². The molecule has 3 rings (SSSR count). The average molecular weight is 463 g/mol. The number of benzene rings is 1. The first-order chi connectivity index (χ1) is 15.2. The van der Waals surface area contributed by atoms with Crippen molar-refractivity contribution in [1.29, 1.82) is 5.26 Å². The molecule has 0 atom stereocenters. The summed E-state index contributed by atoms with van der Waals surface area (Å²) in [5, 5.41) is 11.9. The second kappa shape index (κ2) is 9.60. The predicted octanol–water partition coefficient (Wildman–Crippen LogP) is 1.73. The highest BCUT2D eigenvalue weighted by Gasteiger charge is 2.32. The third-order valence-electron chi connectivity index (χ3n) is 5.44. The summed E-state index contributed by atoms with van der Waals surface area (Å²) in [5.74, 6) is 1.04. The molecule has 1 aromatic carbocycles. The third kappa shape index (κ3) is 4.72. The highest BCUT2D eigenvalue weighted by Crippen LogP contribution is 2.31. The highest BCUT2D eigenvalue weighted by molar-refractivity contribution is 7.89. The van der Waals surface area contributed by atoms with Crippen LogP contribution in [0.1, 0.15) is 16.9 Å². The molecular weight excluding hydrogens is 436 g/mol. The number of nitrogens with zero attached hydrogens (tertiary/aromatic N) is 3. The number of methoxy groups -OCH3 is 2. The lowest BCUT2D eigenvalue weighted by atomic mass is 10.2. The minimum Gasteiger partial charge on any atom is -0.497 e. The van der Waals surface area contributed by atoms with Crippen LogP contribution >= 0.6 is 0 Å². The molecule has 1 aromatic heterocycles. The molecule has 1 N–H and O–H groups in total. The number of ether oxygens (including phenoxy) is 2. The second-order valence-electron chi connectivity index (χ2n) is 7.34. The fourth-order valence-electron chi connectivity index (χ4n) is 3.47. The van der Waals surface area contributed by atoms with Crippen LogP contribution in [0.4, 0.5) is 5.88 Å². The number of carbonyl (C=O) groups excluding carboxylic acids is 1. The zero-order chi connectivity index (χ0) is 23.5. The van der Waals surface area contributed by atoms with Gasteiger partial charge in [0.25, 0.3) is 0 Å². The van der Waals surface area contributed by atoms with Gasteiger partial charge in [0.1, 0.15) is 33.8 Å². The maximum atomic E-state index is 13.2. The summed E-state index contributed by atoms with van der Waals surface area (Å²) in [6.45, 7) is 4.73. The summed E-state index contributed by atoms with van der Waals surface area (Å²) >= 11 is 0. The van der Waals surface area contributed by atoms with Crippen molar-refractivity contribution >= 4 is 21.8 Å². The zero-order valence-corrected chi connectivity index (χ0v) is 19.3. The molecule has 172 valence electrons. The van der Waals surface area contributed by atoms with Gasteiger partial charge >= 0.3 is 0 Å². The summed E-state index contributed by atoms with van der Waals surface area (Å²) in [5.41, 5.74) is 0.994. The lowest BCUT2D eigenvalue weighted by Gasteiger charge is -2.33. The van der Waals surface area contributed by atoms with Crippen molar-refractivity contribution in [3.63, 3.8) is 0 Å². The topological polar surface area (TPSA) is 125 Å². The number of aryl methyl sites for hydroxylation is 1. The fourth-order valence-corrected chi connectivity index (χ4v) is 5.06. The Kier molecular flexibility index (Phi) is 7.08. The number of nitriles is 1. The number of anilines is 1. The minimum atomic E-state index is -3.80. The number of rotatable bonds is 7. The van der Waals surface area contributed by atoms with E-state index in [0.717, 1.165) is 0 Å². The fraction of sp³-hybridized carbons (Fsp3) is 0.429. The Morgan fingerprint density at radius 3 is 2.47 bits per heavy atom. The van der Waals surface area contributed by atoms with Crippen LogP contribution in [0.2, 0.25) is 0 Å². The number of carbonyl (C=O) groups is 1. The average Bonchev–Trinajstić information content (AvgIpc) is 3.05. The zero-order valence-electron chi connectivity index (χ0n) is 18.5. The van der Waals surface area contributed by atoms with Crippen LogP contribution in [0.15, 0.2) is 27.5 Å². The molecule has 10 nitrogen and oxygen atoms in total. The Bertz CT molecular complexity index is 1140. The molecule has 11 heteroatoms. The van der Waals surface area contributed by atoms with Crippen molar-refractivity contribution in [1.82, 2.24) is 9.21 Å². The van der Waals surface area contributed by atoms with Gasteiger partial charge in [0.15, 0.2) is 0 Å². The smallest absolute Gasteiger partial charge is 0.246 e. The molecule has 1 aliphatic heterocycles. The maximum Gasteiger partial charge on any atom is 0.246 e. The van der Waals surface area contributed by atoms with E-state index in [2.05, 4.69) is 5.32 Å². The molecule has 32 heavy (non-hydrogen) atoms. The lowest BCUT2D eigenvalue weighted by molar-refractivity contribution is -0.117. The van der Waals surface area contributed by atoms with Crippen LogP contribution in [0.5, 0.6) is 11.5 Å². The monoisotopic (exact) mass is 462 g/mol. The molecule has 0 aliphatic carbocycles. The van der Waals surface area contributed by atoms with E-state index in [4.69, 9.17) is 13.9 Å². The Balaban J connectivity index is 1.63. The highest BCUT2D eigenvalue weighted by atomic mass is 32.2. The van der Waals surface area contributed by atoms with Gasteiger partial charge in [0.05, 0.1) is 20.8 Å². The SMILES string of the molecule is COc1ccc(OC)c(S(=O)(=O)N2CCN(CC(=O)Nc3oc(C)c(C)c3C#N)CC2)c1. The standard InChI is InChI=1S/C21H26N4O6S/c1-14-15(2)31-21(17(14)12-22)23-20(26)13-24-7-9-25(10-8-24)32(27,28)19-11-16(29-3)5-6-18(19)30-4/h5-6,11H,7-10,13H2,1-4H3,(H,23,26). The number of nitrogens with one attached hydrogen (secondary N) is 1. The van der Waals surface area contributed by atoms with E-state index in [1.165, 1.54) is 24.6 Å². The molecule has 0 unspecified atom stereocenters. The quantitative estimate of drug-likeness (QED) is 0.660. The first kappa shape index (κ1) is 23.6. The minimum absolute atomic E-state index is 0.0399. The van der Waals surface area contributed by atoms with Crippen molar-refractivity contribution in [2.75, 3.05) is 52.3 Å². The first-order valence-corrected chi connectivity index (χ1v) is 11.4. The van der Waals surface area contributed by atoms with Crippen molar-refractivity contribution in [2.24, 2.45) is 0 Å². The predicted molar refractivity (Wildman–Crippen MR) is 116 cm³/mol. The summed E-state index contributed by atoms with van der Waals surface area (Å²) < 4.78 is 43.5. The van der Waals surface area contributed by atoms with Gasteiger partial charge in [-0.2, -0.15) is 9.57 Å². The summed E-state index contributed by atoms with van der Waals surface area (Å²) in [4.78, 5) is 14.3. The van der Waals surface area contributed by atoms with Crippen molar-refractivity contribution < 1.29 is 27.1 Å². The van der Waals surface area contributed by atoms with Crippen LogP contribution < -0.4 is 14.8 Å². The summed E-state index contributed by atoms with van der Waals surface area (Å²) in [7, 11) is -0.920. The van der Waals surface area contributed by atoms with Gasteiger partial charge in [-0.15, -0.1) is 0 Å². The Morgan fingerprint density at radius 2 is 1.88 bits per heavy atom. The van der Waals surface area contributed by atoms with E-state index in [1.807, 2.05) is 11.0 Å². The molecule has 1 aliphatic rings. The van der Waals surface area contributed by atoms with E-state index in [-0.39, 0.29) is 42.1 Å². The van der Waals surface area contributed by atoms with Gasteiger partial charge in [0.2, 0.25) is 21.8 Å². The van der Waals surface area contributed by atoms with E-state index >= 15 is 0 Å². The van der Waals surface area contributed by atoms with Crippen molar-refractivity contribution in [3.05, 3.63) is 35.1 Å². The number of hydrogen-bond donors (Lipinski definition) is 1. The largest absolute Gasteiger partial charge is 0.497 e. The van der Waals surface area contributed by atoms with Gasteiger partial charge in [-0.05, 0) is 26.0 Å². The van der Waals surface area contributed by atoms with Crippen LogP contribution in [0, 0.1) is 25.2 Å². The van der Waals surface area contributed by atoms with E-state index in [1.54, 1.807) is 26.0 Å². The van der Waals surface area contributed by atoms with E-state index in [9.17, 15) is 18.5 Å². The molecular formula is C21H26N4O6S. The third-order valence-corrected chi connectivity index (χ3v) is 7.36. The van der Waals surface area contributed by atoms with Gasteiger partial charge in [-0.1, -0.05) is 0 Å². The van der Waals surface area contributed by atoms with Crippen LogP contribution in [-0.4, -0.2) is 70.5 Å². The molecule has 0 spiro atoms. The molecule has 1 fully saturated rings. The normalized spacial score (nSPS) is 15.2. The molecule has 0 saturated carbocycles. The number of sulfonamides is 1. The number of piperazine rings is 1. The number of furan rings is 1. The number of hydrogen-bond acceptors (Lipinski definition) is 8. The second-order valence-corrected chi connectivity index (χ2v) is 9.25. The van der Waals surface area contributed by atoms with E-state index in [0.29, 0.717) is 35.7 Å². The van der Waals surface area contributed by atoms with Crippen LogP contribution in [0.25, 0.3) is 0 Å². The molecule has 2 heterocycles. The molecule has 1 saturated heterocycles. The molecule has 2 aromatic rings. The lowest BCUT2D eigenvalue weighted by Crippen LogP contribution is -2.50. The Labute approximate surface area is 187 Å². The van der Waals surface area contributed by atoms with Gasteiger partial charge in [-0.3, -0.25) is 15.0 Å². The Hall–Kier alpha value is -3.07. The van der Waals surface area contributed by atoms with Crippen LogP contribution in [-0.2, 0) is 14.8 Å². The molecule has 1 amide bonds. The van der Waals surface area contributed by atoms with Crippen LogP contribution in [0.3, 0.4) is 0 Å². The first-order valence-electron chi connectivity index (χ1n) is 9.95. The van der Waals surface area contributed by atoms with Gasteiger partial charge < -0.3 is 13.9 Å². The summed E-state index contributed by atoms with van der Waals surface area (Å²) in [6, 6.07) is 6.66. The summed E-state index contributed by atoms with van der Waals surface area (Å²) in [6.07, 6.45) is 0. The van der Waals surface area contributed by atoms with Gasteiger partial charge in [0, 0.05) is 37.8 Å². The molecule has 0 bridgehead atoms. The maximum absolute atomic E-state index is 13.2. The van der Waals surface area contributed by atoms with Crippen molar-refractivity contribution in [3.8, 4) is 17.6 Å². The number of amides is 1. The Morgan fingerprint density at radius 1 is 1.19 bits per heavy atom.